The molecule has 5 heteroatoms. The lowest BCUT2D eigenvalue weighted by atomic mass is 10.4. The van der Waals surface area contributed by atoms with Crippen molar-refractivity contribution in [2.24, 2.45) is 0 Å². The molecule has 0 atom stereocenters. The van der Waals surface area contributed by atoms with Crippen molar-refractivity contribution in [2.45, 2.75) is 19.8 Å². The Hall–Kier alpha value is -0.410. The first-order chi connectivity index (χ1) is 7.18. The van der Waals surface area contributed by atoms with Crippen LogP contribution in [-0.4, -0.2) is 19.8 Å². The van der Waals surface area contributed by atoms with Crippen LogP contribution in [0.4, 0.5) is 0 Å². The number of phosphoric ester groups is 1. The molecule has 0 amide bonds. The van der Waals surface area contributed by atoms with Crippen molar-refractivity contribution >= 4 is 7.82 Å². The van der Waals surface area contributed by atoms with E-state index in [9.17, 15) is 4.57 Å². The molecule has 0 saturated heterocycles. The van der Waals surface area contributed by atoms with Crippen LogP contribution in [0.1, 0.15) is 19.8 Å². The average Bonchev–Trinajstić information content (AvgIpc) is 2.24. The minimum absolute atomic E-state index is 0.139. The van der Waals surface area contributed by atoms with Gasteiger partial charge in [0.2, 0.25) is 0 Å². The summed E-state index contributed by atoms with van der Waals surface area (Å²) in [5, 5.41) is 0. The molecule has 0 saturated carbocycles. The third-order valence-electron chi connectivity index (χ3n) is 1.45. The predicted octanol–water partition coefficient (Wildman–Crippen LogP) is 3.32. The normalized spacial score (nSPS) is 11.3. The van der Waals surface area contributed by atoms with Gasteiger partial charge in [0.05, 0.1) is 19.8 Å². The lowest BCUT2D eigenvalue weighted by Gasteiger charge is -2.16. The van der Waals surface area contributed by atoms with Gasteiger partial charge in [-0.1, -0.05) is 25.5 Å². The quantitative estimate of drug-likeness (QED) is 0.330. The fourth-order valence-corrected chi connectivity index (χ4v) is 1.87. The molecule has 0 aromatic rings. The number of rotatable bonds is 10. The highest BCUT2D eigenvalue weighted by Crippen LogP contribution is 2.49. The van der Waals surface area contributed by atoms with Gasteiger partial charge in [0, 0.05) is 0 Å². The maximum absolute atomic E-state index is 11.8. The van der Waals surface area contributed by atoms with Gasteiger partial charge in [0.15, 0.2) is 0 Å². The van der Waals surface area contributed by atoms with Crippen LogP contribution in [0.15, 0.2) is 25.3 Å². The van der Waals surface area contributed by atoms with Gasteiger partial charge < -0.3 is 0 Å². The second kappa shape index (κ2) is 8.86. The molecule has 0 rings (SSSR count). The number of hydrogen-bond donors (Lipinski definition) is 0. The fraction of sp³-hybridized carbons (Fsp3) is 0.600. The summed E-state index contributed by atoms with van der Waals surface area (Å²) in [4.78, 5) is 0. The molecule has 0 aromatic heterocycles. The molecular weight excluding hydrogens is 215 g/mol. The van der Waals surface area contributed by atoms with Crippen molar-refractivity contribution in [1.82, 2.24) is 0 Å². The van der Waals surface area contributed by atoms with Gasteiger partial charge in [-0.15, -0.1) is 13.2 Å². The standard InChI is InChI=1S/C10H19O4P/c1-4-7-10-14-15(11,12-8-5-2)13-9-6-3/h5-6H,2-4,7-10H2,1H3. The summed E-state index contributed by atoms with van der Waals surface area (Å²) in [5.41, 5.74) is 0. The summed E-state index contributed by atoms with van der Waals surface area (Å²) < 4.78 is 26.9. The Morgan fingerprint density at radius 2 is 1.67 bits per heavy atom. The van der Waals surface area contributed by atoms with Crippen LogP contribution in [0, 0.1) is 0 Å². The zero-order chi connectivity index (χ0) is 11.6. The summed E-state index contributed by atoms with van der Waals surface area (Å²) in [6.45, 7) is 9.59. The van der Waals surface area contributed by atoms with Gasteiger partial charge >= 0.3 is 7.82 Å². The highest BCUT2D eigenvalue weighted by atomic mass is 31.2. The molecule has 0 spiro atoms. The topological polar surface area (TPSA) is 44.8 Å². The first kappa shape index (κ1) is 14.6. The summed E-state index contributed by atoms with van der Waals surface area (Å²) >= 11 is 0. The van der Waals surface area contributed by atoms with Crippen molar-refractivity contribution < 1.29 is 18.1 Å². The van der Waals surface area contributed by atoms with Crippen LogP contribution < -0.4 is 0 Å². The van der Waals surface area contributed by atoms with Crippen LogP contribution in [0.25, 0.3) is 0 Å². The zero-order valence-electron chi connectivity index (χ0n) is 9.18. The molecule has 15 heavy (non-hydrogen) atoms. The highest BCUT2D eigenvalue weighted by molar-refractivity contribution is 7.48. The smallest absolute Gasteiger partial charge is 0.287 e. The maximum Gasteiger partial charge on any atom is 0.475 e. The molecule has 0 fully saturated rings. The molecule has 0 aromatic carbocycles. The molecule has 88 valence electrons. The molecule has 0 aliphatic heterocycles. The Morgan fingerprint density at radius 3 is 2.07 bits per heavy atom. The van der Waals surface area contributed by atoms with Gasteiger partial charge in [-0.2, -0.15) is 0 Å². The molecule has 0 unspecified atom stereocenters. The van der Waals surface area contributed by atoms with Crippen molar-refractivity contribution in [3.05, 3.63) is 25.3 Å². The van der Waals surface area contributed by atoms with E-state index < -0.39 is 7.82 Å². The maximum atomic E-state index is 11.8. The SMILES string of the molecule is C=CCOP(=O)(OCC=C)OCCCC. The van der Waals surface area contributed by atoms with Crippen LogP contribution >= 0.6 is 7.82 Å². The Bertz CT molecular complexity index is 211. The van der Waals surface area contributed by atoms with Crippen molar-refractivity contribution in [3.8, 4) is 0 Å². The van der Waals surface area contributed by atoms with E-state index in [1.54, 1.807) is 0 Å². The predicted molar refractivity (Wildman–Crippen MR) is 60.8 cm³/mol. The minimum Gasteiger partial charge on any atom is -0.287 e. The monoisotopic (exact) mass is 234 g/mol. The van der Waals surface area contributed by atoms with E-state index in [2.05, 4.69) is 13.2 Å². The van der Waals surface area contributed by atoms with Crippen LogP contribution in [0.5, 0.6) is 0 Å². The van der Waals surface area contributed by atoms with Crippen LogP contribution in [-0.2, 0) is 18.1 Å². The summed E-state index contributed by atoms with van der Waals surface area (Å²) in [6.07, 6.45) is 4.77. The van der Waals surface area contributed by atoms with E-state index in [0.29, 0.717) is 6.61 Å². The third kappa shape index (κ3) is 7.51. The minimum atomic E-state index is -3.42. The summed E-state index contributed by atoms with van der Waals surface area (Å²) in [5.74, 6) is 0. The third-order valence-corrected chi connectivity index (χ3v) is 2.88. The first-order valence-electron chi connectivity index (χ1n) is 4.94. The lowest BCUT2D eigenvalue weighted by molar-refractivity contribution is 0.130. The van der Waals surface area contributed by atoms with Gasteiger partial charge in [-0.05, 0) is 6.42 Å². The molecule has 0 bridgehead atoms. The fourth-order valence-electron chi connectivity index (χ4n) is 0.720. The zero-order valence-corrected chi connectivity index (χ0v) is 10.1. The second-order valence-electron chi connectivity index (χ2n) is 2.80. The summed E-state index contributed by atoms with van der Waals surface area (Å²) in [6, 6.07) is 0. The Labute approximate surface area is 91.5 Å². The lowest BCUT2D eigenvalue weighted by Crippen LogP contribution is -2.01. The van der Waals surface area contributed by atoms with Crippen molar-refractivity contribution in [1.29, 1.82) is 0 Å². The molecule has 4 nitrogen and oxygen atoms in total. The van der Waals surface area contributed by atoms with Crippen LogP contribution in [0.2, 0.25) is 0 Å². The van der Waals surface area contributed by atoms with Crippen molar-refractivity contribution in [2.75, 3.05) is 19.8 Å². The average molecular weight is 234 g/mol. The molecular formula is C10H19O4P. The van der Waals surface area contributed by atoms with Gasteiger partial charge in [0.25, 0.3) is 0 Å². The van der Waals surface area contributed by atoms with E-state index in [4.69, 9.17) is 13.6 Å². The van der Waals surface area contributed by atoms with Crippen molar-refractivity contribution in [3.63, 3.8) is 0 Å². The Kier molecular flexibility index (Phi) is 8.62. The second-order valence-corrected chi connectivity index (χ2v) is 4.47. The van der Waals surface area contributed by atoms with E-state index in [1.165, 1.54) is 12.2 Å². The van der Waals surface area contributed by atoms with E-state index >= 15 is 0 Å². The number of unbranched alkanes of at least 4 members (excludes halogenated alkanes) is 1. The molecule has 0 heterocycles. The first-order valence-corrected chi connectivity index (χ1v) is 6.40. The van der Waals surface area contributed by atoms with Gasteiger partial charge in [-0.25, -0.2) is 4.57 Å². The van der Waals surface area contributed by atoms with Crippen LogP contribution in [0.3, 0.4) is 0 Å². The molecule has 0 radical (unpaired) electrons. The number of phosphoric acid groups is 1. The number of hydrogen-bond acceptors (Lipinski definition) is 4. The summed E-state index contributed by atoms with van der Waals surface area (Å²) in [7, 11) is -3.42. The largest absolute Gasteiger partial charge is 0.475 e. The van der Waals surface area contributed by atoms with E-state index in [0.717, 1.165) is 12.8 Å². The van der Waals surface area contributed by atoms with Gasteiger partial charge in [-0.3, -0.25) is 13.6 Å². The molecule has 0 aliphatic carbocycles. The van der Waals surface area contributed by atoms with E-state index in [1.807, 2.05) is 6.92 Å². The Morgan fingerprint density at radius 1 is 1.13 bits per heavy atom. The molecule has 0 aliphatic rings. The van der Waals surface area contributed by atoms with Gasteiger partial charge in [0.1, 0.15) is 0 Å². The Balaban J connectivity index is 4.06. The molecule has 0 N–H and O–H groups in total. The highest BCUT2D eigenvalue weighted by Gasteiger charge is 2.25. The van der Waals surface area contributed by atoms with E-state index in [-0.39, 0.29) is 13.2 Å².